The van der Waals surface area contributed by atoms with Gasteiger partial charge in [0.1, 0.15) is 0 Å². The standard InChI is InChI=1S/C11H14N2O/c1-5-11(2,3)13-9-6-7-12-10(8-9)14-4/h1,6-8H,2-4H3,(H,12,13). The van der Waals surface area contributed by atoms with Crippen molar-refractivity contribution in [1.82, 2.24) is 4.98 Å². The second-order valence-electron chi connectivity index (χ2n) is 3.48. The highest BCUT2D eigenvalue weighted by Gasteiger charge is 2.12. The lowest BCUT2D eigenvalue weighted by Crippen LogP contribution is -2.28. The molecule has 1 N–H and O–H groups in total. The van der Waals surface area contributed by atoms with E-state index in [2.05, 4.69) is 16.2 Å². The summed E-state index contributed by atoms with van der Waals surface area (Å²) in [7, 11) is 1.58. The number of aromatic nitrogens is 1. The minimum absolute atomic E-state index is 0.369. The van der Waals surface area contributed by atoms with Crippen LogP contribution < -0.4 is 10.1 Å². The van der Waals surface area contributed by atoms with E-state index in [1.807, 2.05) is 19.9 Å². The third-order valence-electron chi connectivity index (χ3n) is 1.76. The van der Waals surface area contributed by atoms with Crippen molar-refractivity contribution in [2.75, 3.05) is 12.4 Å². The molecule has 3 heteroatoms. The highest BCUT2D eigenvalue weighted by Crippen LogP contribution is 2.17. The van der Waals surface area contributed by atoms with Gasteiger partial charge in [-0.15, -0.1) is 6.42 Å². The molecule has 0 aromatic carbocycles. The summed E-state index contributed by atoms with van der Waals surface area (Å²) in [6.07, 6.45) is 7.04. The average Bonchev–Trinajstić information content (AvgIpc) is 2.17. The van der Waals surface area contributed by atoms with Gasteiger partial charge in [0.05, 0.1) is 12.6 Å². The summed E-state index contributed by atoms with van der Waals surface area (Å²) < 4.78 is 5.00. The molecule has 0 aliphatic heterocycles. The molecule has 3 nitrogen and oxygen atoms in total. The van der Waals surface area contributed by atoms with Gasteiger partial charge in [0.2, 0.25) is 5.88 Å². The predicted molar refractivity (Wildman–Crippen MR) is 57.3 cm³/mol. The van der Waals surface area contributed by atoms with Crippen LogP contribution in [0.25, 0.3) is 0 Å². The molecule has 0 spiro atoms. The molecular weight excluding hydrogens is 176 g/mol. The summed E-state index contributed by atoms with van der Waals surface area (Å²) in [6.45, 7) is 3.86. The van der Waals surface area contributed by atoms with Crippen LogP contribution in [0.4, 0.5) is 5.69 Å². The van der Waals surface area contributed by atoms with Gasteiger partial charge >= 0.3 is 0 Å². The second kappa shape index (κ2) is 4.01. The molecule has 0 aliphatic rings. The fraction of sp³-hybridized carbons (Fsp3) is 0.364. The van der Waals surface area contributed by atoms with Gasteiger partial charge in [-0.1, -0.05) is 5.92 Å². The first-order valence-electron chi connectivity index (χ1n) is 4.33. The van der Waals surface area contributed by atoms with Crippen molar-refractivity contribution in [3.63, 3.8) is 0 Å². The Kier molecular flexibility index (Phi) is 2.98. The molecule has 0 atom stereocenters. The largest absolute Gasteiger partial charge is 0.481 e. The zero-order chi connectivity index (χ0) is 10.6. The molecule has 14 heavy (non-hydrogen) atoms. The first-order valence-corrected chi connectivity index (χ1v) is 4.33. The molecule has 0 fully saturated rings. The molecule has 1 heterocycles. The van der Waals surface area contributed by atoms with Gasteiger partial charge in [-0.2, -0.15) is 0 Å². The Morgan fingerprint density at radius 2 is 2.29 bits per heavy atom. The summed E-state index contributed by atoms with van der Waals surface area (Å²) in [5, 5.41) is 3.19. The fourth-order valence-electron chi connectivity index (χ4n) is 0.996. The molecule has 0 saturated heterocycles. The predicted octanol–water partition coefficient (Wildman–Crippen LogP) is 1.91. The summed E-state index contributed by atoms with van der Waals surface area (Å²) in [4.78, 5) is 4.00. The maximum atomic E-state index is 5.37. The van der Waals surface area contributed by atoms with Gasteiger partial charge in [0.15, 0.2) is 0 Å². The maximum Gasteiger partial charge on any atom is 0.214 e. The van der Waals surface area contributed by atoms with Crippen LogP contribution in [-0.2, 0) is 0 Å². The second-order valence-corrected chi connectivity index (χ2v) is 3.48. The van der Waals surface area contributed by atoms with Gasteiger partial charge in [-0.05, 0) is 19.9 Å². The van der Waals surface area contributed by atoms with Crippen LogP contribution in [0.2, 0.25) is 0 Å². The van der Waals surface area contributed by atoms with E-state index in [1.165, 1.54) is 0 Å². The molecule has 0 unspecified atom stereocenters. The zero-order valence-electron chi connectivity index (χ0n) is 8.66. The van der Waals surface area contributed by atoms with Crippen molar-refractivity contribution < 1.29 is 4.74 Å². The molecule has 74 valence electrons. The van der Waals surface area contributed by atoms with Crippen molar-refractivity contribution in [3.8, 4) is 18.2 Å². The molecule has 0 radical (unpaired) electrons. The quantitative estimate of drug-likeness (QED) is 0.739. The molecule has 0 aliphatic carbocycles. The summed E-state index contributed by atoms with van der Waals surface area (Å²) in [5.41, 5.74) is 0.534. The van der Waals surface area contributed by atoms with Crippen molar-refractivity contribution in [2.24, 2.45) is 0 Å². The average molecular weight is 190 g/mol. The van der Waals surface area contributed by atoms with E-state index in [4.69, 9.17) is 11.2 Å². The van der Waals surface area contributed by atoms with E-state index in [9.17, 15) is 0 Å². The minimum atomic E-state index is -0.369. The van der Waals surface area contributed by atoms with Gasteiger partial charge in [0.25, 0.3) is 0 Å². The minimum Gasteiger partial charge on any atom is -0.481 e. The molecule has 0 saturated carbocycles. The van der Waals surface area contributed by atoms with E-state index in [1.54, 1.807) is 19.4 Å². The van der Waals surface area contributed by atoms with Crippen LogP contribution in [-0.4, -0.2) is 17.6 Å². The number of nitrogens with one attached hydrogen (secondary N) is 1. The van der Waals surface area contributed by atoms with Crippen LogP contribution in [0.3, 0.4) is 0 Å². The summed E-state index contributed by atoms with van der Waals surface area (Å²) >= 11 is 0. The number of methoxy groups -OCH3 is 1. The lowest BCUT2D eigenvalue weighted by Gasteiger charge is -2.21. The molecule has 1 aromatic heterocycles. The van der Waals surface area contributed by atoms with Crippen molar-refractivity contribution in [1.29, 1.82) is 0 Å². The van der Waals surface area contributed by atoms with Crippen molar-refractivity contribution >= 4 is 5.69 Å². The summed E-state index contributed by atoms with van der Waals surface area (Å²) in [5.74, 6) is 3.23. The normalized spacial score (nSPS) is 10.4. The maximum absolute atomic E-state index is 5.37. The number of hydrogen-bond donors (Lipinski definition) is 1. The Morgan fingerprint density at radius 1 is 1.57 bits per heavy atom. The molecular formula is C11H14N2O. The molecule has 0 amide bonds. The number of anilines is 1. The fourth-order valence-corrected chi connectivity index (χ4v) is 0.996. The number of rotatable bonds is 3. The van der Waals surface area contributed by atoms with E-state index in [0.29, 0.717) is 5.88 Å². The van der Waals surface area contributed by atoms with Crippen LogP contribution in [0, 0.1) is 12.3 Å². The van der Waals surface area contributed by atoms with Crippen LogP contribution in [0.15, 0.2) is 18.3 Å². The molecule has 1 rings (SSSR count). The topological polar surface area (TPSA) is 34.2 Å². The van der Waals surface area contributed by atoms with Gasteiger partial charge in [0, 0.05) is 18.0 Å². The lowest BCUT2D eigenvalue weighted by molar-refractivity contribution is 0.398. The third kappa shape index (κ3) is 2.67. The van der Waals surface area contributed by atoms with Gasteiger partial charge in [-0.3, -0.25) is 0 Å². The smallest absolute Gasteiger partial charge is 0.214 e. The van der Waals surface area contributed by atoms with E-state index < -0.39 is 0 Å². The number of nitrogens with zero attached hydrogens (tertiary/aromatic N) is 1. The monoisotopic (exact) mass is 190 g/mol. The zero-order valence-corrected chi connectivity index (χ0v) is 8.66. The number of pyridine rings is 1. The van der Waals surface area contributed by atoms with Crippen LogP contribution >= 0.6 is 0 Å². The Morgan fingerprint density at radius 3 is 2.86 bits per heavy atom. The van der Waals surface area contributed by atoms with E-state index in [0.717, 1.165) is 5.69 Å². The first kappa shape index (κ1) is 10.4. The first-order chi connectivity index (χ1) is 6.57. The third-order valence-corrected chi connectivity index (χ3v) is 1.76. The van der Waals surface area contributed by atoms with Crippen molar-refractivity contribution in [2.45, 2.75) is 19.4 Å². The highest BCUT2D eigenvalue weighted by molar-refractivity contribution is 5.48. The Balaban J connectivity index is 2.83. The van der Waals surface area contributed by atoms with Crippen LogP contribution in [0.5, 0.6) is 5.88 Å². The summed E-state index contributed by atoms with van der Waals surface area (Å²) in [6, 6.07) is 3.65. The van der Waals surface area contributed by atoms with E-state index in [-0.39, 0.29) is 5.54 Å². The van der Waals surface area contributed by atoms with Crippen molar-refractivity contribution in [3.05, 3.63) is 18.3 Å². The number of ether oxygens (including phenoxy) is 1. The highest BCUT2D eigenvalue weighted by atomic mass is 16.5. The Hall–Kier alpha value is -1.69. The Bertz CT molecular complexity index is 353. The van der Waals surface area contributed by atoms with Gasteiger partial charge in [-0.25, -0.2) is 4.98 Å². The van der Waals surface area contributed by atoms with Gasteiger partial charge < -0.3 is 10.1 Å². The number of hydrogen-bond acceptors (Lipinski definition) is 3. The molecule has 1 aromatic rings. The van der Waals surface area contributed by atoms with Crippen LogP contribution in [0.1, 0.15) is 13.8 Å². The van der Waals surface area contributed by atoms with E-state index >= 15 is 0 Å². The lowest BCUT2D eigenvalue weighted by atomic mass is 10.1. The molecule has 0 bridgehead atoms. The SMILES string of the molecule is C#CC(C)(C)Nc1ccnc(OC)c1. The number of terminal acetylenes is 1. The Labute approximate surface area is 84.5 Å².